The van der Waals surface area contributed by atoms with E-state index < -0.39 is 5.91 Å². The van der Waals surface area contributed by atoms with Gasteiger partial charge < -0.3 is 5.32 Å². The van der Waals surface area contributed by atoms with Crippen LogP contribution in [0.3, 0.4) is 0 Å². The van der Waals surface area contributed by atoms with E-state index >= 15 is 0 Å². The van der Waals surface area contributed by atoms with Crippen molar-refractivity contribution >= 4 is 86.6 Å². The Bertz CT molecular complexity index is 1430. The van der Waals surface area contributed by atoms with Crippen molar-refractivity contribution in [2.45, 2.75) is 23.0 Å². The quantitative estimate of drug-likeness (QED) is 0.169. The number of rotatable bonds is 10. The second-order valence-electron chi connectivity index (χ2n) is 7.16. The van der Waals surface area contributed by atoms with Crippen LogP contribution < -0.4 is 10.6 Å². The predicted molar refractivity (Wildman–Crippen MR) is 150 cm³/mol. The molecule has 0 bridgehead atoms. The maximum absolute atomic E-state index is 12.7. The second-order valence-corrected chi connectivity index (χ2v) is 11.9. The van der Waals surface area contributed by atoms with Crippen molar-refractivity contribution in [3.8, 4) is 5.69 Å². The van der Waals surface area contributed by atoms with Gasteiger partial charge in [-0.25, -0.2) is 0 Å². The van der Waals surface area contributed by atoms with Gasteiger partial charge in [0, 0.05) is 10.0 Å². The van der Waals surface area contributed by atoms with Gasteiger partial charge in [-0.2, -0.15) is 0 Å². The molecule has 0 radical (unpaired) electrons. The summed E-state index contributed by atoms with van der Waals surface area (Å²) in [5.74, 6) is 0.674. The highest BCUT2D eigenvalue weighted by Gasteiger charge is 2.19. The zero-order valence-corrected chi connectivity index (χ0v) is 23.8. The van der Waals surface area contributed by atoms with Crippen LogP contribution in [0, 0.1) is 0 Å². The SMILES string of the molecule is CCSc1nnc(NC(=O)CSc2nnc(CNC(=O)c3cc(Cl)ccc3Cl)n2-c2cccc(Cl)c2)s1. The summed E-state index contributed by atoms with van der Waals surface area (Å²) in [6.07, 6.45) is 0. The summed E-state index contributed by atoms with van der Waals surface area (Å²) in [4.78, 5) is 25.3. The lowest BCUT2D eigenvalue weighted by Crippen LogP contribution is -2.25. The minimum absolute atomic E-state index is 0.0383. The van der Waals surface area contributed by atoms with Gasteiger partial charge in [0.25, 0.3) is 5.91 Å². The zero-order chi connectivity index (χ0) is 26.4. The number of halogens is 3. The number of nitrogens with zero attached hydrogens (tertiary/aromatic N) is 5. The van der Waals surface area contributed by atoms with Crippen LogP contribution in [0.4, 0.5) is 5.13 Å². The van der Waals surface area contributed by atoms with Gasteiger partial charge in [-0.3, -0.25) is 19.5 Å². The van der Waals surface area contributed by atoms with Crippen LogP contribution in [0.2, 0.25) is 15.1 Å². The summed E-state index contributed by atoms with van der Waals surface area (Å²) in [6, 6.07) is 11.7. The number of carbonyl (C=O) groups is 2. The summed E-state index contributed by atoms with van der Waals surface area (Å²) in [6.45, 7) is 2.06. The third-order valence-corrected chi connectivity index (χ3v) is 8.18. The molecule has 9 nitrogen and oxygen atoms in total. The van der Waals surface area contributed by atoms with E-state index in [4.69, 9.17) is 34.8 Å². The average molecular weight is 615 g/mol. The number of thioether (sulfide) groups is 2. The van der Waals surface area contributed by atoms with Crippen molar-refractivity contribution in [2.75, 3.05) is 16.8 Å². The third kappa shape index (κ3) is 7.37. The van der Waals surface area contributed by atoms with Crippen molar-refractivity contribution in [2.24, 2.45) is 0 Å². The van der Waals surface area contributed by atoms with Crippen LogP contribution in [-0.4, -0.2) is 48.3 Å². The normalized spacial score (nSPS) is 10.9. The number of carbonyl (C=O) groups excluding carboxylic acids is 2. The number of hydrogen-bond donors (Lipinski definition) is 2. The first kappa shape index (κ1) is 27.7. The summed E-state index contributed by atoms with van der Waals surface area (Å²) < 4.78 is 2.52. The molecule has 2 aromatic carbocycles. The van der Waals surface area contributed by atoms with E-state index in [1.807, 2.05) is 13.0 Å². The van der Waals surface area contributed by atoms with E-state index in [-0.39, 0.29) is 28.8 Å². The van der Waals surface area contributed by atoms with Gasteiger partial charge in [-0.05, 0) is 42.2 Å². The van der Waals surface area contributed by atoms with Gasteiger partial charge >= 0.3 is 0 Å². The van der Waals surface area contributed by atoms with E-state index in [0.29, 0.717) is 31.8 Å². The maximum Gasteiger partial charge on any atom is 0.253 e. The molecule has 0 aliphatic heterocycles. The molecular weight excluding hydrogens is 597 g/mol. The van der Waals surface area contributed by atoms with Crippen LogP contribution in [0.25, 0.3) is 5.69 Å². The predicted octanol–water partition coefficient (Wildman–Crippen LogP) is 5.85. The Balaban J connectivity index is 1.49. The largest absolute Gasteiger partial charge is 0.345 e. The van der Waals surface area contributed by atoms with Crippen LogP contribution in [-0.2, 0) is 11.3 Å². The first-order chi connectivity index (χ1) is 17.8. The number of hydrogen-bond acceptors (Lipinski definition) is 9. The molecule has 0 fully saturated rings. The Kier molecular flexibility index (Phi) is 9.68. The molecule has 4 aromatic rings. The van der Waals surface area contributed by atoms with Gasteiger partial charge in [0.2, 0.25) is 11.0 Å². The zero-order valence-electron chi connectivity index (χ0n) is 19.1. The fraction of sp³-hybridized carbons (Fsp3) is 0.182. The van der Waals surface area contributed by atoms with E-state index in [1.54, 1.807) is 46.7 Å². The molecule has 2 amide bonds. The topological polar surface area (TPSA) is 115 Å². The van der Waals surface area contributed by atoms with E-state index in [1.165, 1.54) is 29.2 Å². The lowest BCUT2D eigenvalue weighted by Gasteiger charge is -2.12. The van der Waals surface area contributed by atoms with Gasteiger partial charge in [0.15, 0.2) is 15.3 Å². The number of nitrogens with one attached hydrogen (secondary N) is 2. The Hall–Kier alpha value is -2.35. The fourth-order valence-electron chi connectivity index (χ4n) is 3.04. The molecule has 15 heteroatoms. The summed E-state index contributed by atoms with van der Waals surface area (Å²) in [5.41, 5.74) is 0.919. The molecule has 2 N–H and O–H groups in total. The van der Waals surface area contributed by atoms with Crippen LogP contribution in [0.15, 0.2) is 52.0 Å². The first-order valence-electron chi connectivity index (χ1n) is 10.7. The van der Waals surface area contributed by atoms with Crippen molar-refractivity contribution in [1.29, 1.82) is 0 Å². The lowest BCUT2D eigenvalue weighted by atomic mass is 10.2. The Labute approximate surface area is 239 Å². The van der Waals surface area contributed by atoms with Crippen molar-refractivity contribution in [3.05, 3.63) is 68.9 Å². The van der Waals surface area contributed by atoms with Crippen LogP contribution >= 0.6 is 69.7 Å². The molecule has 0 aliphatic rings. The van der Waals surface area contributed by atoms with Crippen molar-refractivity contribution < 1.29 is 9.59 Å². The molecular formula is C22H18Cl3N7O2S3. The average Bonchev–Trinajstić information content (AvgIpc) is 3.49. The van der Waals surface area contributed by atoms with E-state index in [0.717, 1.165) is 10.1 Å². The maximum atomic E-state index is 12.7. The van der Waals surface area contributed by atoms with Crippen molar-refractivity contribution in [3.63, 3.8) is 0 Å². The molecule has 4 rings (SSSR count). The highest BCUT2D eigenvalue weighted by Crippen LogP contribution is 2.27. The van der Waals surface area contributed by atoms with E-state index in [2.05, 4.69) is 31.0 Å². The highest BCUT2D eigenvalue weighted by atomic mass is 35.5. The summed E-state index contributed by atoms with van der Waals surface area (Å²) in [5, 5.41) is 24.1. The molecule has 0 saturated carbocycles. The number of benzene rings is 2. The van der Waals surface area contributed by atoms with Gasteiger partial charge in [0.1, 0.15) is 0 Å². The molecule has 2 heterocycles. The second kappa shape index (κ2) is 12.9. The molecule has 0 spiro atoms. The highest BCUT2D eigenvalue weighted by molar-refractivity contribution is 8.01. The molecule has 2 aromatic heterocycles. The summed E-state index contributed by atoms with van der Waals surface area (Å²) in [7, 11) is 0. The van der Waals surface area contributed by atoms with Gasteiger partial charge in [-0.1, -0.05) is 82.7 Å². The Morgan fingerprint density at radius 2 is 1.81 bits per heavy atom. The smallest absolute Gasteiger partial charge is 0.253 e. The number of anilines is 1. The monoisotopic (exact) mass is 613 g/mol. The standard InChI is InChI=1S/C22H18Cl3N7O2S3/c1-2-35-22-31-29-20(37-22)27-18(33)11-36-21-30-28-17(32(21)14-5-3-4-12(23)8-14)10-26-19(34)15-9-13(24)6-7-16(15)25/h3-9H,2,10-11H2,1H3,(H,26,34)(H,27,29,33). The molecule has 0 atom stereocenters. The fourth-order valence-corrected chi connectivity index (χ4v) is 6.03. The molecule has 0 unspecified atom stereocenters. The minimum Gasteiger partial charge on any atom is -0.345 e. The third-order valence-electron chi connectivity index (χ3n) is 4.60. The first-order valence-corrected chi connectivity index (χ1v) is 14.6. The molecule has 0 saturated heterocycles. The van der Waals surface area contributed by atoms with Gasteiger partial charge in [0.05, 0.1) is 28.6 Å². The Morgan fingerprint density at radius 1 is 1.00 bits per heavy atom. The molecule has 192 valence electrons. The lowest BCUT2D eigenvalue weighted by molar-refractivity contribution is -0.113. The van der Waals surface area contributed by atoms with Crippen molar-refractivity contribution in [1.82, 2.24) is 30.3 Å². The van der Waals surface area contributed by atoms with Gasteiger partial charge in [-0.15, -0.1) is 20.4 Å². The van der Waals surface area contributed by atoms with Crippen LogP contribution in [0.5, 0.6) is 0 Å². The van der Waals surface area contributed by atoms with E-state index in [9.17, 15) is 9.59 Å². The number of aromatic nitrogens is 5. The summed E-state index contributed by atoms with van der Waals surface area (Å²) >= 11 is 22.4. The molecule has 37 heavy (non-hydrogen) atoms. The van der Waals surface area contributed by atoms with Crippen LogP contribution in [0.1, 0.15) is 23.1 Å². The minimum atomic E-state index is -0.417. The Morgan fingerprint density at radius 3 is 2.59 bits per heavy atom. The molecule has 0 aliphatic carbocycles. The number of amides is 2.